The third kappa shape index (κ3) is 8.13. The van der Waals surface area contributed by atoms with E-state index in [-0.39, 0.29) is 33.1 Å². The lowest BCUT2D eigenvalue weighted by molar-refractivity contribution is -0.139. The van der Waals surface area contributed by atoms with Crippen molar-refractivity contribution in [2.75, 3.05) is 17.4 Å². The number of sulfonamides is 1. The summed E-state index contributed by atoms with van der Waals surface area (Å²) in [5, 5.41) is 3.68. The van der Waals surface area contributed by atoms with Gasteiger partial charge in [0, 0.05) is 28.2 Å². The molecular weight excluding hydrogens is 593 g/mol. The number of amides is 2. The number of benzene rings is 3. The molecule has 3 aromatic carbocycles. The predicted molar refractivity (Wildman–Crippen MR) is 162 cm³/mol. The van der Waals surface area contributed by atoms with Crippen LogP contribution < -0.4 is 9.62 Å². The number of halogens is 3. The molecule has 0 saturated heterocycles. The first kappa shape index (κ1) is 31.7. The molecule has 1 atom stereocenters. The zero-order chi connectivity index (χ0) is 29.4. The first-order valence-corrected chi connectivity index (χ1v) is 15.4. The van der Waals surface area contributed by atoms with E-state index in [1.54, 1.807) is 43.3 Å². The maximum Gasteiger partial charge on any atom is 0.264 e. The number of nitrogens with one attached hydrogen (secondary N) is 1. The van der Waals surface area contributed by atoms with E-state index in [4.69, 9.17) is 34.8 Å². The van der Waals surface area contributed by atoms with Gasteiger partial charge in [-0.05, 0) is 62.2 Å². The molecule has 0 aliphatic rings. The predicted octanol–water partition coefficient (Wildman–Crippen LogP) is 6.48. The second-order valence-corrected chi connectivity index (χ2v) is 12.5. The van der Waals surface area contributed by atoms with Crippen LogP contribution in [0.25, 0.3) is 0 Å². The average Bonchev–Trinajstić information content (AvgIpc) is 2.90. The Morgan fingerprint density at radius 3 is 2.17 bits per heavy atom. The number of hydrogen-bond donors (Lipinski definition) is 1. The molecule has 40 heavy (non-hydrogen) atoms. The van der Waals surface area contributed by atoms with Crippen LogP contribution in [-0.4, -0.2) is 44.3 Å². The number of rotatable bonds is 12. The maximum atomic E-state index is 14.0. The Balaban J connectivity index is 2.04. The van der Waals surface area contributed by atoms with E-state index in [0.29, 0.717) is 17.1 Å². The Morgan fingerprint density at radius 2 is 1.57 bits per heavy atom. The normalized spacial score (nSPS) is 12.1. The molecule has 0 radical (unpaired) electrons. The molecule has 0 aliphatic carbocycles. The number of carbonyl (C=O) groups excluding carboxylic acids is 2. The Bertz CT molecular complexity index is 1430. The van der Waals surface area contributed by atoms with Crippen molar-refractivity contribution < 1.29 is 18.0 Å². The second kappa shape index (κ2) is 14.2. The topological polar surface area (TPSA) is 86.8 Å². The highest BCUT2D eigenvalue weighted by molar-refractivity contribution is 7.92. The van der Waals surface area contributed by atoms with Crippen molar-refractivity contribution in [3.8, 4) is 0 Å². The van der Waals surface area contributed by atoms with Crippen molar-refractivity contribution >= 4 is 62.3 Å². The summed E-state index contributed by atoms with van der Waals surface area (Å²) in [6.07, 6.45) is 1.68. The van der Waals surface area contributed by atoms with Crippen LogP contribution in [0.15, 0.2) is 71.6 Å². The molecule has 0 aromatic heterocycles. The SMILES string of the molecule is CCCCNC(=O)[C@@H](C)N(Cc1ccccc1Cl)C(=O)CN(c1cc(Cl)cc(Cl)c1)S(=O)(=O)c1ccc(C)cc1. The molecular formula is C29H32Cl3N3O4S. The van der Waals surface area contributed by atoms with Gasteiger partial charge < -0.3 is 10.2 Å². The summed E-state index contributed by atoms with van der Waals surface area (Å²) in [5.41, 5.74) is 1.61. The molecule has 7 nitrogen and oxygen atoms in total. The summed E-state index contributed by atoms with van der Waals surface area (Å²) >= 11 is 18.8. The molecule has 0 bridgehead atoms. The van der Waals surface area contributed by atoms with Crippen molar-refractivity contribution in [1.29, 1.82) is 0 Å². The summed E-state index contributed by atoms with van der Waals surface area (Å²) in [4.78, 5) is 28.3. The van der Waals surface area contributed by atoms with Crippen molar-refractivity contribution in [3.63, 3.8) is 0 Å². The molecule has 0 fully saturated rings. The van der Waals surface area contributed by atoms with Gasteiger partial charge in [-0.25, -0.2) is 8.42 Å². The summed E-state index contributed by atoms with van der Waals surface area (Å²) in [6.45, 7) is 5.30. The molecule has 0 saturated carbocycles. The minimum atomic E-state index is -4.24. The van der Waals surface area contributed by atoms with Gasteiger partial charge in [0.15, 0.2) is 0 Å². The van der Waals surface area contributed by atoms with Gasteiger partial charge in [0.2, 0.25) is 11.8 Å². The van der Waals surface area contributed by atoms with Gasteiger partial charge in [-0.3, -0.25) is 13.9 Å². The van der Waals surface area contributed by atoms with Crippen LogP contribution >= 0.6 is 34.8 Å². The van der Waals surface area contributed by atoms with E-state index < -0.39 is 28.5 Å². The van der Waals surface area contributed by atoms with Crippen LogP contribution in [0, 0.1) is 6.92 Å². The third-order valence-electron chi connectivity index (χ3n) is 6.32. The highest BCUT2D eigenvalue weighted by Gasteiger charge is 2.33. The Morgan fingerprint density at radius 1 is 0.950 bits per heavy atom. The number of aryl methyl sites for hydroxylation is 1. The Kier molecular flexibility index (Phi) is 11.3. The third-order valence-corrected chi connectivity index (χ3v) is 8.91. The molecule has 3 rings (SSSR count). The quantitative estimate of drug-likeness (QED) is 0.234. The number of carbonyl (C=O) groups is 2. The smallest absolute Gasteiger partial charge is 0.264 e. The van der Waals surface area contributed by atoms with Crippen molar-refractivity contribution in [2.45, 2.75) is 51.1 Å². The van der Waals surface area contributed by atoms with Gasteiger partial charge in [-0.15, -0.1) is 0 Å². The molecule has 0 spiro atoms. The lowest BCUT2D eigenvalue weighted by Gasteiger charge is -2.32. The average molecular weight is 625 g/mol. The monoisotopic (exact) mass is 623 g/mol. The van der Waals surface area contributed by atoms with Crippen LogP contribution in [0.4, 0.5) is 5.69 Å². The highest BCUT2D eigenvalue weighted by Crippen LogP contribution is 2.30. The number of anilines is 1. The summed E-state index contributed by atoms with van der Waals surface area (Å²) in [7, 11) is -4.24. The molecule has 3 aromatic rings. The van der Waals surface area contributed by atoms with Crippen molar-refractivity contribution in [3.05, 3.63) is 92.9 Å². The second-order valence-electron chi connectivity index (χ2n) is 9.39. The maximum absolute atomic E-state index is 14.0. The van der Waals surface area contributed by atoms with E-state index in [0.717, 1.165) is 22.7 Å². The number of hydrogen-bond acceptors (Lipinski definition) is 4. The minimum absolute atomic E-state index is 0.00437. The Hall–Kier alpha value is -2.78. The van der Waals surface area contributed by atoms with Crippen molar-refractivity contribution in [1.82, 2.24) is 10.2 Å². The van der Waals surface area contributed by atoms with Gasteiger partial charge in [0.1, 0.15) is 12.6 Å². The van der Waals surface area contributed by atoms with Crippen molar-refractivity contribution in [2.24, 2.45) is 0 Å². The molecule has 11 heteroatoms. The lowest BCUT2D eigenvalue weighted by Crippen LogP contribution is -2.51. The number of unbranched alkanes of at least 4 members (excludes halogenated alkanes) is 1. The Labute approximate surface area is 251 Å². The van der Waals surface area contributed by atoms with E-state index >= 15 is 0 Å². The fraction of sp³-hybridized carbons (Fsp3) is 0.310. The summed E-state index contributed by atoms with van der Waals surface area (Å²) in [6, 6.07) is 16.7. The van der Waals surface area contributed by atoms with E-state index in [1.807, 2.05) is 13.8 Å². The first-order valence-electron chi connectivity index (χ1n) is 12.8. The van der Waals surface area contributed by atoms with E-state index in [9.17, 15) is 18.0 Å². The first-order chi connectivity index (χ1) is 18.9. The lowest BCUT2D eigenvalue weighted by atomic mass is 10.1. The zero-order valence-corrected chi connectivity index (χ0v) is 25.6. The highest BCUT2D eigenvalue weighted by atomic mass is 35.5. The standard InChI is InChI=1S/C29H32Cl3N3O4S/c1-4-5-14-33-29(37)21(3)34(18-22-8-6-7-9-27(22)32)28(36)19-35(25-16-23(30)15-24(31)17-25)40(38,39)26-12-10-20(2)11-13-26/h6-13,15-17,21H,4-5,14,18-19H2,1-3H3,(H,33,37)/t21-/m1/s1. The number of nitrogens with zero attached hydrogens (tertiary/aromatic N) is 2. The molecule has 0 aliphatic heterocycles. The molecule has 2 amide bonds. The molecule has 0 unspecified atom stereocenters. The van der Waals surface area contributed by atoms with Crippen LogP contribution in [0.2, 0.25) is 15.1 Å². The van der Waals surface area contributed by atoms with Gasteiger partial charge in [0.25, 0.3) is 10.0 Å². The fourth-order valence-electron chi connectivity index (χ4n) is 3.98. The van der Waals surface area contributed by atoms with E-state index in [2.05, 4.69) is 5.32 Å². The van der Waals surface area contributed by atoms with Gasteiger partial charge in [0.05, 0.1) is 10.6 Å². The fourth-order valence-corrected chi connectivity index (χ4v) is 6.09. The van der Waals surface area contributed by atoms with Crippen LogP contribution in [0.3, 0.4) is 0 Å². The van der Waals surface area contributed by atoms with Gasteiger partial charge in [-0.2, -0.15) is 0 Å². The van der Waals surface area contributed by atoms with Gasteiger partial charge in [-0.1, -0.05) is 84.0 Å². The molecule has 1 N–H and O–H groups in total. The largest absolute Gasteiger partial charge is 0.354 e. The van der Waals surface area contributed by atoms with Crippen LogP contribution in [-0.2, 0) is 26.2 Å². The summed E-state index contributed by atoms with van der Waals surface area (Å²) < 4.78 is 28.7. The summed E-state index contributed by atoms with van der Waals surface area (Å²) in [5.74, 6) is -0.961. The minimum Gasteiger partial charge on any atom is -0.354 e. The van der Waals surface area contributed by atoms with Gasteiger partial charge >= 0.3 is 0 Å². The molecule has 214 valence electrons. The zero-order valence-electron chi connectivity index (χ0n) is 22.5. The molecule has 0 heterocycles. The van der Waals surface area contributed by atoms with Crippen LogP contribution in [0.5, 0.6) is 0 Å². The van der Waals surface area contributed by atoms with Crippen LogP contribution in [0.1, 0.15) is 37.8 Å². The van der Waals surface area contributed by atoms with E-state index in [1.165, 1.54) is 35.2 Å².